The number of para-hydroxylation sites is 1. The fraction of sp³-hybridized carbons (Fsp3) is 0.263. The Morgan fingerprint density at radius 3 is 2.29 bits per heavy atom. The van der Waals surface area contributed by atoms with Crippen LogP contribution in [0.5, 0.6) is 0 Å². The Bertz CT molecular complexity index is 739. The van der Waals surface area contributed by atoms with E-state index in [-0.39, 0.29) is 11.8 Å². The van der Waals surface area contributed by atoms with Crippen molar-refractivity contribution in [1.29, 1.82) is 0 Å². The Labute approximate surface area is 147 Å². The highest BCUT2D eigenvalue weighted by molar-refractivity contribution is 6.30. The zero-order chi connectivity index (χ0) is 17.7. The molecule has 2 rings (SSSR count). The monoisotopic (exact) mass is 344 g/mol. The molecule has 0 atom stereocenters. The van der Waals surface area contributed by atoms with Crippen LogP contribution in [0.15, 0.2) is 42.5 Å². The van der Waals surface area contributed by atoms with Crippen molar-refractivity contribution in [3.05, 3.63) is 64.2 Å². The molecular weight excluding hydrogens is 324 g/mol. The minimum absolute atomic E-state index is 0.0515. The van der Waals surface area contributed by atoms with E-state index >= 15 is 0 Å². The Hall–Kier alpha value is -2.33. The maximum atomic E-state index is 12.1. The summed E-state index contributed by atoms with van der Waals surface area (Å²) < 4.78 is 0. The molecule has 0 heterocycles. The molecule has 0 spiro atoms. The third kappa shape index (κ3) is 4.36. The summed E-state index contributed by atoms with van der Waals surface area (Å²) in [5, 5.41) is 3.35. The molecule has 2 aromatic rings. The molecule has 0 aliphatic rings. The molecule has 0 saturated heterocycles. The Kier molecular flexibility index (Phi) is 5.99. The summed E-state index contributed by atoms with van der Waals surface area (Å²) in [6.07, 6.45) is 0. The number of nitrogens with one attached hydrogen (secondary N) is 1. The number of benzene rings is 2. The fourth-order valence-electron chi connectivity index (χ4n) is 2.67. The summed E-state index contributed by atoms with van der Waals surface area (Å²) in [7, 11) is 0. The van der Waals surface area contributed by atoms with E-state index in [4.69, 9.17) is 11.6 Å². The summed E-state index contributed by atoms with van der Waals surface area (Å²) in [4.78, 5) is 25.9. The number of hydrogen-bond donors (Lipinski definition) is 1. The third-order valence-corrected chi connectivity index (χ3v) is 4.03. The van der Waals surface area contributed by atoms with Gasteiger partial charge in [0.15, 0.2) is 0 Å². The molecule has 4 nitrogen and oxygen atoms in total. The lowest BCUT2D eigenvalue weighted by atomic mass is 10.1. The van der Waals surface area contributed by atoms with Crippen LogP contribution in [0.4, 0.5) is 5.69 Å². The predicted octanol–water partition coefficient (Wildman–Crippen LogP) is 3.74. The van der Waals surface area contributed by atoms with E-state index in [0.29, 0.717) is 23.7 Å². The highest BCUT2D eigenvalue weighted by atomic mass is 35.5. The van der Waals surface area contributed by atoms with Gasteiger partial charge in [-0.2, -0.15) is 0 Å². The van der Waals surface area contributed by atoms with Crippen molar-refractivity contribution in [2.75, 3.05) is 18.0 Å². The number of amides is 2. The van der Waals surface area contributed by atoms with Gasteiger partial charge in [-0.3, -0.25) is 9.59 Å². The summed E-state index contributed by atoms with van der Waals surface area (Å²) in [6, 6.07) is 12.7. The van der Waals surface area contributed by atoms with Crippen molar-refractivity contribution in [2.45, 2.75) is 20.8 Å². The minimum atomic E-state index is -0.206. The molecule has 0 unspecified atom stereocenters. The van der Waals surface area contributed by atoms with Gasteiger partial charge in [-0.1, -0.05) is 35.9 Å². The Morgan fingerprint density at radius 1 is 1.08 bits per heavy atom. The molecule has 0 bridgehead atoms. The van der Waals surface area contributed by atoms with Crippen molar-refractivity contribution in [2.24, 2.45) is 0 Å². The summed E-state index contributed by atoms with van der Waals surface area (Å²) in [6.45, 7) is 6.25. The van der Waals surface area contributed by atoms with Crippen molar-refractivity contribution in [3.63, 3.8) is 0 Å². The Morgan fingerprint density at radius 2 is 1.71 bits per heavy atom. The average molecular weight is 345 g/mol. The van der Waals surface area contributed by atoms with Crippen molar-refractivity contribution >= 4 is 29.1 Å². The standard InChI is InChI=1S/C19H21ClN2O2/c1-13-6-4-7-14(2)18(13)22(15(3)23)11-10-21-19(24)16-8-5-9-17(20)12-16/h4-9,12H,10-11H2,1-3H3,(H,21,24). The fourth-order valence-corrected chi connectivity index (χ4v) is 2.86. The smallest absolute Gasteiger partial charge is 0.251 e. The van der Waals surface area contributed by atoms with E-state index in [2.05, 4.69) is 5.32 Å². The maximum absolute atomic E-state index is 12.1. The SMILES string of the molecule is CC(=O)N(CCNC(=O)c1cccc(Cl)c1)c1c(C)cccc1C. The van der Waals surface area contributed by atoms with Crippen molar-refractivity contribution < 1.29 is 9.59 Å². The van der Waals surface area contributed by atoms with Crippen LogP contribution in [0.2, 0.25) is 5.02 Å². The lowest BCUT2D eigenvalue weighted by Crippen LogP contribution is -2.38. The van der Waals surface area contributed by atoms with E-state index in [1.54, 1.807) is 29.2 Å². The highest BCUT2D eigenvalue weighted by Crippen LogP contribution is 2.24. The number of halogens is 1. The third-order valence-electron chi connectivity index (χ3n) is 3.80. The van der Waals surface area contributed by atoms with Crippen LogP contribution in [0.3, 0.4) is 0 Å². The predicted molar refractivity (Wildman–Crippen MR) is 97.7 cm³/mol. The first-order valence-corrected chi connectivity index (χ1v) is 8.16. The molecule has 0 radical (unpaired) electrons. The molecule has 2 amide bonds. The van der Waals surface area contributed by atoms with Gasteiger partial charge >= 0.3 is 0 Å². The second-order valence-corrected chi connectivity index (χ2v) is 6.11. The van der Waals surface area contributed by atoms with Gasteiger partial charge < -0.3 is 10.2 Å². The normalized spacial score (nSPS) is 10.3. The summed E-state index contributed by atoms with van der Waals surface area (Å²) in [5.74, 6) is -0.257. The molecule has 5 heteroatoms. The number of aryl methyl sites for hydroxylation is 2. The van der Waals surface area contributed by atoms with Gasteiger partial charge in [0.05, 0.1) is 0 Å². The number of hydrogen-bond acceptors (Lipinski definition) is 2. The summed E-state index contributed by atoms with van der Waals surface area (Å²) in [5.41, 5.74) is 3.48. The van der Waals surface area contributed by atoms with E-state index in [1.165, 1.54) is 6.92 Å². The van der Waals surface area contributed by atoms with E-state index < -0.39 is 0 Å². The van der Waals surface area contributed by atoms with Crippen LogP contribution in [-0.4, -0.2) is 24.9 Å². The first-order valence-electron chi connectivity index (χ1n) is 7.78. The van der Waals surface area contributed by atoms with Gasteiger partial charge in [-0.05, 0) is 43.2 Å². The van der Waals surface area contributed by atoms with Crippen LogP contribution < -0.4 is 10.2 Å². The summed E-state index contributed by atoms with van der Waals surface area (Å²) >= 11 is 5.90. The zero-order valence-electron chi connectivity index (χ0n) is 14.1. The highest BCUT2D eigenvalue weighted by Gasteiger charge is 2.16. The molecular formula is C19H21ClN2O2. The van der Waals surface area contributed by atoms with Gasteiger partial charge in [0.25, 0.3) is 5.91 Å². The van der Waals surface area contributed by atoms with Gasteiger partial charge in [-0.15, -0.1) is 0 Å². The maximum Gasteiger partial charge on any atom is 0.251 e. The average Bonchev–Trinajstić information content (AvgIpc) is 2.52. The molecule has 24 heavy (non-hydrogen) atoms. The van der Waals surface area contributed by atoms with Crippen LogP contribution in [0, 0.1) is 13.8 Å². The molecule has 1 N–H and O–H groups in total. The topological polar surface area (TPSA) is 49.4 Å². The molecule has 0 aliphatic heterocycles. The number of rotatable bonds is 5. The lowest BCUT2D eigenvalue weighted by molar-refractivity contribution is -0.116. The molecule has 0 fully saturated rings. The molecule has 0 aliphatic carbocycles. The van der Waals surface area contributed by atoms with E-state index in [9.17, 15) is 9.59 Å². The second kappa shape index (κ2) is 7.97. The Balaban J connectivity index is 2.05. The second-order valence-electron chi connectivity index (χ2n) is 5.68. The molecule has 2 aromatic carbocycles. The lowest BCUT2D eigenvalue weighted by Gasteiger charge is -2.25. The van der Waals surface area contributed by atoms with Crippen molar-refractivity contribution in [3.8, 4) is 0 Å². The van der Waals surface area contributed by atoms with Crippen LogP contribution in [-0.2, 0) is 4.79 Å². The largest absolute Gasteiger partial charge is 0.350 e. The number of nitrogens with zero attached hydrogens (tertiary/aromatic N) is 1. The van der Waals surface area contributed by atoms with E-state index in [1.807, 2.05) is 32.0 Å². The number of carbonyl (C=O) groups excluding carboxylic acids is 2. The molecule has 126 valence electrons. The quantitative estimate of drug-likeness (QED) is 0.898. The van der Waals surface area contributed by atoms with Crippen LogP contribution in [0.25, 0.3) is 0 Å². The molecule has 0 saturated carbocycles. The number of anilines is 1. The van der Waals surface area contributed by atoms with Crippen LogP contribution >= 0.6 is 11.6 Å². The molecule has 0 aromatic heterocycles. The van der Waals surface area contributed by atoms with Gasteiger partial charge in [0.2, 0.25) is 5.91 Å². The van der Waals surface area contributed by atoms with Gasteiger partial charge in [-0.25, -0.2) is 0 Å². The van der Waals surface area contributed by atoms with E-state index in [0.717, 1.165) is 16.8 Å². The minimum Gasteiger partial charge on any atom is -0.350 e. The first-order chi connectivity index (χ1) is 11.4. The first kappa shape index (κ1) is 18.0. The number of carbonyl (C=O) groups is 2. The van der Waals surface area contributed by atoms with Gasteiger partial charge in [0, 0.05) is 36.3 Å². The van der Waals surface area contributed by atoms with Crippen molar-refractivity contribution in [1.82, 2.24) is 5.32 Å². The zero-order valence-corrected chi connectivity index (χ0v) is 14.9. The van der Waals surface area contributed by atoms with Gasteiger partial charge in [0.1, 0.15) is 0 Å². The van der Waals surface area contributed by atoms with Crippen LogP contribution in [0.1, 0.15) is 28.4 Å².